The fraction of sp³-hybridized carbons (Fsp3) is 0.235. The number of sulfonamides is 1. The summed E-state index contributed by atoms with van der Waals surface area (Å²) < 4.78 is 36.1. The van der Waals surface area contributed by atoms with Crippen molar-refractivity contribution in [3.8, 4) is 22.8 Å². The Labute approximate surface area is 177 Å². The first-order valence-electron chi connectivity index (χ1n) is 8.11. The third-order valence-corrected chi connectivity index (χ3v) is 5.41. The molecule has 0 aliphatic heterocycles. The van der Waals surface area contributed by atoms with Crippen molar-refractivity contribution in [1.29, 1.82) is 0 Å². The number of anilines is 1. The average molecular weight is 458 g/mol. The number of rotatable bonds is 6. The molecule has 2 aromatic heterocycles. The van der Waals surface area contributed by atoms with Gasteiger partial charge in [0.15, 0.2) is 0 Å². The number of hydrogen-bond acceptors (Lipinski definition) is 8. The topological polar surface area (TPSA) is 129 Å². The lowest BCUT2D eigenvalue weighted by Gasteiger charge is -2.16. The number of halogens is 2. The van der Waals surface area contributed by atoms with Crippen molar-refractivity contribution in [3.05, 3.63) is 34.1 Å². The molecule has 9 nitrogen and oxygen atoms in total. The molecule has 0 saturated heterocycles. The number of aromatic nitrogens is 3. The van der Waals surface area contributed by atoms with Crippen LogP contribution in [-0.4, -0.2) is 43.8 Å². The maximum absolute atomic E-state index is 11.6. The second kappa shape index (κ2) is 8.15. The Bertz CT molecular complexity index is 1180. The maximum atomic E-state index is 11.6. The number of nitrogens with two attached hydrogens (primary N) is 1. The molecule has 0 amide bonds. The molecule has 0 aliphatic carbocycles. The van der Waals surface area contributed by atoms with Crippen LogP contribution in [0.4, 0.5) is 5.95 Å². The number of pyridine rings is 1. The fourth-order valence-corrected chi connectivity index (χ4v) is 3.77. The first-order chi connectivity index (χ1) is 13.6. The number of benzene rings is 1. The van der Waals surface area contributed by atoms with Gasteiger partial charge in [-0.05, 0) is 6.07 Å². The molecule has 29 heavy (non-hydrogen) atoms. The lowest BCUT2D eigenvalue weighted by atomic mass is 10.1. The van der Waals surface area contributed by atoms with Crippen molar-refractivity contribution < 1.29 is 17.9 Å². The molecular formula is C17H17Cl2N5O4S. The van der Waals surface area contributed by atoms with E-state index in [1.165, 1.54) is 20.4 Å². The Morgan fingerprint density at radius 3 is 2.28 bits per heavy atom. The van der Waals surface area contributed by atoms with Gasteiger partial charge in [-0.2, -0.15) is 0 Å². The molecule has 0 saturated carbocycles. The maximum Gasteiger partial charge on any atom is 0.220 e. The van der Waals surface area contributed by atoms with Gasteiger partial charge in [0.2, 0.25) is 16.0 Å². The van der Waals surface area contributed by atoms with Crippen LogP contribution >= 0.6 is 23.2 Å². The van der Waals surface area contributed by atoms with Crippen molar-refractivity contribution >= 4 is 50.1 Å². The molecule has 12 heteroatoms. The normalized spacial score (nSPS) is 11.6. The minimum Gasteiger partial charge on any atom is -0.495 e. The van der Waals surface area contributed by atoms with Gasteiger partial charge in [-0.25, -0.2) is 28.1 Å². The van der Waals surface area contributed by atoms with E-state index >= 15 is 0 Å². The molecule has 3 rings (SSSR count). The van der Waals surface area contributed by atoms with Crippen LogP contribution < -0.4 is 19.9 Å². The van der Waals surface area contributed by atoms with Gasteiger partial charge in [0, 0.05) is 23.2 Å². The quantitative estimate of drug-likeness (QED) is 0.577. The molecule has 2 heterocycles. The molecular weight excluding hydrogens is 441 g/mol. The second-order valence-electron chi connectivity index (χ2n) is 6.00. The zero-order valence-corrected chi connectivity index (χ0v) is 18.0. The molecule has 0 spiro atoms. The Balaban J connectivity index is 2.30. The number of methoxy groups -OCH3 is 2. The Morgan fingerprint density at radius 2 is 1.72 bits per heavy atom. The Morgan fingerprint density at radius 1 is 1.10 bits per heavy atom. The van der Waals surface area contributed by atoms with Gasteiger partial charge in [0.25, 0.3) is 0 Å². The van der Waals surface area contributed by atoms with Crippen LogP contribution in [-0.2, 0) is 16.6 Å². The number of nitrogens with zero attached hydrogens (tertiary/aromatic N) is 3. The summed E-state index contributed by atoms with van der Waals surface area (Å²) in [6.07, 6.45) is 2.55. The largest absolute Gasteiger partial charge is 0.495 e. The lowest BCUT2D eigenvalue weighted by Crippen LogP contribution is -2.22. The molecule has 154 valence electrons. The molecule has 0 bridgehead atoms. The van der Waals surface area contributed by atoms with E-state index in [9.17, 15) is 8.42 Å². The summed E-state index contributed by atoms with van der Waals surface area (Å²) in [5, 5.41) is 1.02. The SMILES string of the molecule is COc1cc(OC)c(Cl)c(-c2cc3cnc(N)nc3c(CNS(C)(=O)=O)n2)c1Cl. The number of fused-ring (bicyclic) bond motifs is 1. The first kappa shape index (κ1) is 21.3. The van der Waals surface area contributed by atoms with Crippen molar-refractivity contribution in [3.63, 3.8) is 0 Å². The van der Waals surface area contributed by atoms with Gasteiger partial charge < -0.3 is 15.2 Å². The van der Waals surface area contributed by atoms with Crippen LogP contribution in [0, 0.1) is 0 Å². The predicted molar refractivity (Wildman–Crippen MR) is 112 cm³/mol. The van der Waals surface area contributed by atoms with Gasteiger partial charge in [0.1, 0.15) is 11.5 Å². The van der Waals surface area contributed by atoms with Crippen LogP contribution in [0.5, 0.6) is 11.5 Å². The minimum atomic E-state index is -3.47. The summed E-state index contributed by atoms with van der Waals surface area (Å²) in [5.74, 6) is 0.718. The van der Waals surface area contributed by atoms with Crippen LogP contribution in [0.3, 0.4) is 0 Å². The molecule has 0 aliphatic rings. The van der Waals surface area contributed by atoms with E-state index in [0.29, 0.717) is 39.4 Å². The summed E-state index contributed by atoms with van der Waals surface area (Å²) in [6, 6.07) is 3.23. The predicted octanol–water partition coefficient (Wildman–Crippen LogP) is 2.65. The van der Waals surface area contributed by atoms with Gasteiger partial charge in [-0.1, -0.05) is 23.2 Å². The van der Waals surface area contributed by atoms with Gasteiger partial charge >= 0.3 is 0 Å². The lowest BCUT2D eigenvalue weighted by molar-refractivity contribution is 0.395. The van der Waals surface area contributed by atoms with Gasteiger partial charge in [-0.15, -0.1) is 0 Å². The highest BCUT2D eigenvalue weighted by molar-refractivity contribution is 7.88. The zero-order chi connectivity index (χ0) is 21.3. The summed E-state index contributed by atoms with van der Waals surface area (Å²) in [4.78, 5) is 12.7. The first-order valence-corrected chi connectivity index (χ1v) is 10.8. The third kappa shape index (κ3) is 4.45. The molecule has 1 aromatic carbocycles. The molecule has 3 N–H and O–H groups in total. The Hall–Kier alpha value is -2.40. The van der Waals surface area contributed by atoms with Crippen molar-refractivity contribution in [1.82, 2.24) is 19.7 Å². The average Bonchev–Trinajstić information content (AvgIpc) is 2.66. The fourth-order valence-electron chi connectivity index (χ4n) is 2.68. The van der Waals surface area contributed by atoms with Crippen LogP contribution in [0.2, 0.25) is 10.0 Å². The molecule has 3 aromatic rings. The smallest absolute Gasteiger partial charge is 0.220 e. The van der Waals surface area contributed by atoms with E-state index in [0.717, 1.165) is 6.26 Å². The van der Waals surface area contributed by atoms with Crippen LogP contribution in [0.25, 0.3) is 22.2 Å². The number of nitrogens with one attached hydrogen (secondary N) is 1. The minimum absolute atomic E-state index is 0.0340. The van der Waals surface area contributed by atoms with Gasteiger partial charge in [-0.3, -0.25) is 0 Å². The van der Waals surface area contributed by atoms with Crippen LogP contribution in [0.15, 0.2) is 18.3 Å². The van der Waals surface area contributed by atoms with Crippen molar-refractivity contribution in [2.45, 2.75) is 6.54 Å². The van der Waals surface area contributed by atoms with Crippen molar-refractivity contribution in [2.24, 2.45) is 0 Å². The van der Waals surface area contributed by atoms with E-state index in [2.05, 4.69) is 19.7 Å². The van der Waals surface area contributed by atoms with E-state index in [1.54, 1.807) is 12.1 Å². The summed E-state index contributed by atoms with van der Waals surface area (Å²) >= 11 is 13.0. The second-order valence-corrected chi connectivity index (χ2v) is 8.59. The monoisotopic (exact) mass is 457 g/mol. The summed E-state index contributed by atoms with van der Waals surface area (Å²) in [5.41, 5.74) is 7.14. The van der Waals surface area contributed by atoms with Gasteiger partial charge in [0.05, 0.1) is 54.0 Å². The molecule has 0 unspecified atom stereocenters. The summed E-state index contributed by atoms with van der Waals surface area (Å²) in [6.45, 7) is -0.115. The van der Waals surface area contributed by atoms with E-state index in [4.69, 9.17) is 38.4 Å². The highest BCUT2D eigenvalue weighted by Gasteiger charge is 2.21. The standard InChI is InChI=1S/C17H17Cl2N5O4S/c1-27-11-5-12(28-2)15(19)13(14(11)18)9-4-8-6-21-17(20)24-16(8)10(23-9)7-22-29(3,25)26/h4-6,22H,7H2,1-3H3,(H2,20,21,24). The van der Waals surface area contributed by atoms with E-state index < -0.39 is 10.0 Å². The zero-order valence-electron chi connectivity index (χ0n) is 15.7. The van der Waals surface area contributed by atoms with Crippen molar-refractivity contribution in [2.75, 3.05) is 26.2 Å². The Kier molecular flexibility index (Phi) is 5.99. The number of nitrogen functional groups attached to an aromatic ring is 1. The third-order valence-electron chi connectivity index (χ3n) is 3.99. The van der Waals surface area contributed by atoms with E-state index in [1.807, 2.05) is 0 Å². The molecule has 0 fully saturated rings. The molecule has 0 atom stereocenters. The number of hydrogen-bond donors (Lipinski definition) is 2. The highest BCUT2D eigenvalue weighted by atomic mass is 35.5. The van der Waals surface area contributed by atoms with Crippen LogP contribution in [0.1, 0.15) is 5.69 Å². The molecule has 0 radical (unpaired) electrons. The summed E-state index contributed by atoms with van der Waals surface area (Å²) in [7, 11) is -0.548. The van der Waals surface area contributed by atoms with E-state index in [-0.39, 0.29) is 22.5 Å². The number of ether oxygens (including phenoxy) is 2. The highest BCUT2D eigenvalue weighted by Crippen LogP contribution is 2.45.